The number of aryl methyl sites for hydroxylation is 2. The van der Waals surface area contributed by atoms with Gasteiger partial charge < -0.3 is 9.84 Å². The number of aromatic nitrogens is 2. The van der Waals surface area contributed by atoms with E-state index in [4.69, 9.17) is 10.00 Å². The number of pyridine rings is 1. The fourth-order valence-corrected chi connectivity index (χ4v) is 3.57. The van der Waals surface area contributed by atoms with Crippen molar-refractivity contribution in [2.45, 2.75) is 38.4 Å². The van der Waals surface area contributed by atoms with Crippen LogP contribution in [-0.2, 0) is 12.8 Å². The van der Waals surface area contributed by atoms with Crippen molar-refractivity contribution in [2.75, 3.05) is 0 Å². The van der Waals surface area contributed by atoms with Gasteiger partial charge in [-0.25, -0.2) is 4.98 Å². The molecule has 1 aromatic carbocycles. The van der Waals surface area contributed by atoms with Crippen molar-refractivity contribution in [2.24, 2.45) is 0 Å². The van der Waals surface area contributed by atoms with E-state index in [1.165, 1.54) is 5.56 Å². The minimum absolute atomic E-state index is 0.297. The number of aliphatic hydroxyl groups is 1. The van der Waals surface area contributed by atoms with Crippen molar-refractivity contribution in [3.05, 3.63) is 65.1 Å². The monoisotopic (exact) mass is 333 g/mol. The van der Waals surface area contributed by atoms with Gasteiger partial charge in [0.1, 0.15) is 6.10 Å². The lowest BCUT2D eigenvalue weighted by Gasteiger charge is -2.30. The van der Waals surface area contributed by atoms with Crippen molar-refractivity contribution < 1.29 is 9.84 Å². The highest BCUT2D eigenvalue weighted by Crippen LogP contribution is 2.35. The normalized spacial score (nSPS) is 19.4. The van der Waals surface area contributed by atoms with Crippen molar-refractivity contribution in [3.63, 3.8) is 0 Å². The third kappa shape index (κ3) is 2.65. The van der Waals surface area contributed by atoms with Crippen LogP contribution in [0.2, 0.25) is 0 Å². The number of ether oxygens (including phenoxy) is 1. The van der Waals surface area contributed by atoms with Crippen LogP contribution >= 0.6 is 0 Å². The van der Waals surface area contributed by atoms with E-state index < -0.39 is 12.2 Å². The molecule has 126 valence electrons. The molecule has 2 aromatic heterocycles. The largest absolute Gasteiger partial charge is 0.479 e. The van der Waals surface area contributed by atoms with Gasteiger partial charge in [0.2, 0.25) is 0 Å². The van der Waals surface area contributed by atoms with Gasteiger partial charge in [0, 0.05) is 6.20 Å². The number of nitrogens with zero attached hydrogens (tertiary/aromatic N) is 3. The maximum Gasteiger partial charge on any atom is 0.180 e. The summed E-state index contributed by atoms with van der Waals surface area (Å²) in [5.74, 6) is 0.621. The molecule has 1 aliphatic rings. The summed E-state index contributed by atoms with van der Waals surface area (Å²) in [7, 11) is 0. The SMILES string of the molecule is Cc1nc2c(OC3c4ccccc4CCC3O)cccn2c1CC#N. The molecule has 5 nitrogen and oxygen atoms in total. The fraction of sp³-hybridized carbons (Fsp3) is 0.300. The van der Waals surface area contributed by atoms with Crippen LogP contribution in [0.4, 0.5) is 0 Å². The van der Waals surface area contributed by atoms with Crippen molar-refractivity contribution >= 4 is 5.65 Å². The van der Waals surface area contributed by atoms with Gasteiger partial charge in [-0.1, -0.05) is 24.3 Å². The van der Waals surface area contributed by atoms with Gasteiger partial charge in [0.25, 0.3) is 0 Å². The van der Waals surface area contributed by atoms with Gasteiger partial charge in [0.05, 0.1) is 30.0 Å². The number of rotatable bonds is 3. The van der Waals surface area contributed by atoms with Crippen LogP contribution < -0.4 is 4.74 Å². The summed E-state index contributed by atoms with van der Waals surface area (Å²) in [4.78, 5) is 4.58. The molecule has 2 heterocycles. The Morgan fingerprint density at radius 1 is 1.32 bits per heavy atom. The van der Waals surface area contributed by atoms with Crippen LogP contribution in [0.25, 0.3) is 5.65 Å². The van der Waals surface area contributed by atoms with E-state index in [-0.39, 0.29) is 0 Å². The molecule has 25 heavy (non-hydrogen) atoms. The average Bonchev–Trinajstić information content (AvgIpc) is 2.95. The van der Waals surface area contributed by atoms with Crippen molar-refractivity contribution in [3.8, 4) is 11.8 Å². The molecule has 0 spiro atoms. The van der Waals surface area contributed by atoms with Crippen LogP contribution in [0.1, 0.15) is 35.0 Å². The quantitative estimate of drug-likeness (QED) is 0.799. The molecule has 1 N–H and O–H groups in total. The van der Waals surface area contributed by atoms with E-state index in [1.807, 2.05) is 47.9 Å². The van der Waals surface area contributed by atoms with E-state index in [2.05, 4.69) is 17.1 Å². The van der Waals surface area contributed by atoms with Gasteiger partial charge in [-0.15, -0.1) is 0 Å². The molecule has 0 radical (unpaired) electrons. The summed E-state index contributed by atoms with van der Waals surface area (Å²) in [5.41, 5.74) is 4.62. The van der Waals surface area contributed by atoms with E-state index in [0.29, 0.717) is 24.2 Å². The second kappa shape index (κ2) is 6.23. The molecule has 0 bridgehead atoms. The predicted octanol–water partition coefficient (Wildman–Crippen LogP) is 3.14. The zero-order valence-corrected chi connectivity index (χ0v) is 14.0. The first-order chi connectivity index (χ1) is 12.2. The molecule has 2 atom stereocenters. The number of benzene rings is 1. The standard InChI is InChI=1S/C20H19N3O2/c1-13-16(10-11-21)23-12-4-7-18(20(23)22-13)25-19-15-6-3-2-5-14(15)8-9-17(19)24/h2-7,12,17,19,24H,8-10H2,1H3. The first kappa shape index (κ1) is 15.7. The maximum atomic E-state index is 10.5. The summed E-state index contributed by atoms with van der Waals surface area (Å²) in [5, 5.41) is 19.5. The Bertz CT molecular complexity index is 971. The topological polar surface area (TPSA) is 70.6 Å². The highest BCUT2D eigenvalue weighted by atomic mass is 16.5. The van der Waals surface area contributed by atoms with Crippen LogP contribution in [-0.4, -0.2) is 20.6 Å². The molecule has 0 fully saturated rings. The molecule has 0 saturated heterocycles. The zero-order chi connectivity index (χ0) is 17.4. The third-order valence-corrected chi connectivity index (χ3v) is 4.83. The Hall–Kier alpha value is -2.84. The Labute approximate surface area is 146 Å². The number of nitriles is 1. The number of hydrogen-bond acceptors (Lipinski definition) is 4. The smallest absolute Gasteiger partial charge is 0.180 e. The second-order valence-electron chi connectivity index (χ2n) is 6.39. The molecule has 0 saturated carbocycles. The van der Waals surface area contributed by atoms with Crippen molar-refractivity contribution in [1.82, 2.24) is 9.38 Å². The van der Waals surface area contributed by atoms with Gasteiger partial charge in [-0.2, -0.15) is 5.26 Å². The minimum atomic E-state index is -0.551. The summed E-state index contributed by atoms with van der Waals surface area (Å²) in [6, 6.07) is 14.0. The molecule has 1 aliphatic carbocycles. The van der Waals surface area contributed by atoms with Gasteiger partial charge in [-0.3, -0.25) is 4.40 Å². The van der Waals surface area contributed by atoms with E-state index in [1.54, 1.807) is 0 Å². The maximum absolute atomic E-state index is 10.5. The lowest BCUT2D eigenvalue weighted by Crippen LogP contribution is -2.29. The molecule has 2 unspecified atom stereocenters. The van der Waals surface area contributed by atoms with E-state index in [0.717, 1.165) is 23.4 Å². The zero-order valence-electron chi connectivity index (χ0n) is 14.0. The molecule has 4 rings (SSSR count). The average molecular weight is 333 g/mol. The Balaban J connectivity index is 1.77. The first-order valence-corrected chi connectivity index (χ1v) is 8.45. The predicted molar refractivity (Wildman–Crippen MR) is 93.4 cm³/mol. The van der Waals surface area contributed by atoms with Gasteiger partial charge >= 0.3 is 0 Å². The molecule has 0 amide bonds. The van der Waals surface area contributed by atoms with Crippen LogP contribution in [0.15, 0.2) is 42.6 Å². The van der Waals surface area contributed by atoms with Gasteiger partial charge in [0.15, 0.2) is 11.4 Å². The number of imidazole rings is 1. The summed E-state index contributed by atoms with van der Waals surface area (Å²) >= 11 is 0. The highest BCUT2D eigenvalue weighted by Gasteiger charge is 2.30. The molecular formula is C20H19N3O2. The number of hydrogen-bond donors (Lipinski definition) is 1. The molecule has 5 heteroatoms. The number of aliphatic hydroxyl groups excluding tert-OH is 1. The summed E-state index contributed by atoms with van der Waals surface area (Å²) < 4.78 is 8.14. The Morgan fingerprint density at radius 2 is 2.16 bits per heavy atom. The van der Waals surface area contributed by atoms with Gasteiger partial charge in [-0.05, 0) is 43.0 Å². The first-order valence-electron chi connectivity index (χ1n) is 8.45. The van der Waals surface area contributed by atoms with Crippen LogP contribution in [0, 0.1) is 18.3 Å². The Kier molecular flexibility index (Phi) is 3.90. The molecule has 3 aromatic rings. The van der Waals surface area contributed by atoms with E-state index in [9.17, 15) is 5.11 Å². The third-order valence-electron chi connectivity index (χ3n) is 4.83. The lowest BCUT2D eigenvalue weighted by molar-refractivity contribution is 0.0234. The van der Waals surface area contributed by atoms with Crippen molar-refractivity contribution in [1.29, 1.82) is 5.26 Å². The fourth-order valence-electron chi connectivity index (χ4n) is 3.57. The molecule has 0 aliphatic heterocycles. The minimum Gasteiger partial charge on any atom is -0.479 e. The second-order valence-corrected chi connectivity index (χ2v) is 6.39. The van der Waals surface area contributed by atoms with Crippen LogP contribution in [0.3, 0.4) is 0 Å². The lowest BCUT2D eigenvalue weighted by atomic mass is 9.87. The van der Waals surface area contributed by atoms with E-state index >= 15 is 0 Å². The summed E-state index contributed by atoms with van der Waals surface area (Å²) in [6.45, 7) is 1.90. The summed E-state index contributed by atoms with van der Waals surface area (Å²) in [6.07, 6.45) is 2.76. The highest BCUT2D eigenvalue weighted by molar-refractivity contribution is 5.56. The van der Waals surface area contributed by atoms with Crippen LogP contribution in [0.5, 0.6) is 5.75 Å². The Morgan fingerprint density at radius 3 is 3.00 bits per heavy atom. The molecular weight excluding hydrogens is 314 g/mol. The number of fused-ring (bicyclic) bond motifs is 2.